The topological polar surface area (TPSA) is 80.1 Å². The average Bonchev–Trinajstić information content (AvgIpc) is 3.38. The Labute approximate surface area is 193 Å². The van der Waals surface area contributed by atoms with Gasteiger partial charge in [-0.05, 0) is 51.3 Å². The van der Waals surface area contributed by atoms with Gasteiger partial charge in [0.05, 0.1) is 5.75 Å². The van der Waals surface area contributed by atoms with E-state index in [-0.39, 0.29) is 23.3 Å². The molecule has 1 N–H and O–H groups in total. The van der Waals surface area contributed by atoms with E-state index in [0.29, 0.717) is 26.2 Å². The van der Waals surface area contributed by atoms with Gasteiger partial charge in [-0.3, -0.25) is 14.2 Å². The van der Waals surface area contributed by atoms with Crippen molar-refractivity contribution in [1.82, 2.24) is 14.5 Å². The lowest BCUT2D eigenvalue weighted by Crippen LogP contribution is -2.25. The number of anilines is 2. The molecule has 0 atom stereocenters. The van der Waals surface area contributed by atoms with Crippen LogP contribution < -0.4 is 15.8 Å². The second-order valence-corrected chi connectivity index (χ2v) is 10.1. The Balaban J connectivity index is 1.56. The van der Waals surface area contributed by atoms with Crippen LogP contribution in [0.25, 0.3) is 10.3 Å². The van der Waals surface area contributed by atoms with Gasteiger partial charge in [0.15, 0.2) is 15.9 Å². The zero-order chi connectivity index (χ0) is 22.1. The van der Waals surface area contributed by atoms with Gasteiger partial charge in [-0.15, -0.1) is 0 Å². The number of benzene rings is 1. The molecular formula is C21H24ClN5O2S2. The molecule has 10 heteroatoms. The van der Waals surface area contributed by atoms with Gasteiger partial charge in [-0.25, -0.2) is 4.98 Å². The molecule has 2 aromatic heterocycles. The first kappa shape index (κ1) is 22.1. The molecule has 0 saturated carbocycles. The van der Waals surface area contributed by atoms with Crippen molar-refractivity contribution in [3.05, 3.63) is 39.1 Å². The molecule has 4 rings (SSSR count). The Hall–Kier alpha value is -2.10. The summed E-state index contributed by atoms with van der Waals surface area (Å²) in [7, 11) is 0. The summed E-state index contributed by atoms with van der Waals surface area (Å²) in [6.45, 7) is 7.71. The van der Waals surface area contributed by atoms with E-state index in [4.69, 9.17) is 11.6 Å². The molecular weight excluding hydrogens is 454 g/mol. The van der Waals surface area contributed by atoms with E-state index in [2.05, 4.69) is 20.2 Å². The lowest BCUT2D eigenvalue weighted by molar-refractivity contribution is -0.113. The van der Waals surface area contributed by atoms with Crippen molar-refractivity contribution in [1.29, 1.82) is 0 Å². The van der Waals surface area contributed by atoms with Crippen LogP contribution >= 0.6 is 34.7 Å². The summed E-state index contributed by atoms with van der Waals surface area (Å²) in [5.41, 5.74) is 1.95. The van der Waals surface area contributed by atoms with Gasteiger partial charge < -0.3 is 10.2 Å². The lowest BCUT2D eigenvalue weighted by atomic mass is 10.2. The molecule has 0 radical (unpaired) electrons. The van der Waals surface area contributed by atoms with E-state index in [1.54, 1.807) is 10.6 Å². The number of hydrogen-bond acceptors (Lipinski definition) is 7. The van der Waals surface area contributed by atoms with E-state index in [1.165, 1.54) is 23.1 Å². The maximum absolute atomic E-state index is 13.2. The fourth-order valence-electron chi connectivity index (χ4n) is 3.46. The van der Waals surface area contributed by atoms with Gasteiger partial charge in [-0.1, -0.05) is 40.8 Å². The highest BCUT2D eigenvalue weighted by Gasteiger charge is 2.22. The molecule has 1 fully saturated rings. The normalized spacial score (nSPS) is 14.0. The van der Waals surface area contributed by atoms with Crippen LogP contribution in [0.2, 0.25) is 5.02 Å². The Morgan fingerprint density at radius 3 is 2.71 bits per heavy atom. The van der Waals surface area contributed by atoms with Gasteiger partial charge >= 0.3 is 0 Å². The minimum absolute atomic E-state index is 0.0804. The Morgan fingerprint density at radius 2 is 2.03 bits per heavy atom. The number of thioether (sulfide) groups is 1. The Bertz CT molecular complexity index is 1180. The summed E-state index contributed by atoms with van der Waals surface area (Å²) in [6.07, 6.45) is 2.28. The van der Waals surface area contributed by atoms with Crippen molar-refractivity contribution in [2.45, 2.75) is 44.8 Å². The predicted octanol–water partition coefficient (Wildman–Crippen LogP) is 4.73. The molecule has 7 nitrogen and oxygen atoms in total. The van der Waals surface area contributed by atoms with Crippen LogP contribution in [0, 0.1) is 6.92 Å². The maximum Gasteiger partial charge on any atom is 0.274 e. The molecule has 31 heavy (non-hydrogen) atoms. The molecule has 1 amide bonds. The number of halogens is 1. The second-order valence-electron chi connectivity index (χ2n) is 7.81. The smallest absolute Gasteiger partial charge is 0.274 e. The fraction of sp³-hybridized carbons (Fsp3) is 0.429. The first-order valence-electron chi connectivity index (χ1n) is 10.2. The van der Waals surface area contributed by atoms with E-state index < -0.39 is 0 Å². The Kier molecular flexibility index (Phi) is 6.55. The molecule has 3 aromatic rings. The van der Waals surface area contributed by atoms with Crippen LogP contribution in [0.1, 0.15) is 38.3 Å². The zero-order valence-corrected chi connectivity index (χ0v) is 20.0. The van der Waals surface area contributed by atoms with Gasteiger partial charge in [0.1, 0.15) is 4.70 Å². The fourth-order valence-corrected chi connectivity index (χ4v) is 5.55. The van der Waals surface area contributed by atoms with Crippen molar-refractivity contribution < 1.29 is 4.79 Å². The molecule has 1 aromatic carbocycles. The van der Waals surface area contributed by atoms with Crippen molar-refractivity contribution in [2.24, 2.45) is 0 Å². The number of amides is 1. The molecule has 164 valence electrons. The van der Waals surface area contributed by atoms with Gasteiger partial charge in [0, 0.05) is 29.8 Å². The van der Waals surface area contributed by atoms with Crippen LogP contribution in [0.3, 0.4) is 0 Å². The van der Waals surface area contributed by atoms with Crippen molar-refractivity contribution in [2.75, 3.05) is 29.1 Å². The van der Waals surface area contributed by atoms with E-state index >= 15 is 0 Å². The maximum atomic E-state index is 13.2. The highest BCUT2D eigenvalue weighted by Crippen LogP contribution is 2.30. The highest BCUT2D eigenvalue weighted by atomic mass is 35.5. The number of nitrogens with one attached hydrogen (secondary N) is 1. The van der Waals surface area contributed by atoms with Crippen LogP contribution in [0.5, 0.6) is 0 Å². The quantitative estimate of drug-likeness (QED) is 0.408. The van der Waals surface area contributed by atoms with E-state index in [1.807, 2.05) is 32.9 Å². The largest absolute Gasteiger partial charge is 0.348 e. The molecule has 1 saturated heterocycles. The molecule has 1 aliphatic heterocycles. The summed E-state index contributed by atoms with van der Waals surface area (Å²) < 4.78 is 2.22. The number of aryl methyl sites for hydroxylation is 1. The summed E-state index contributed by atoms with van der Waals surface area (Å²) in [4.78, 5) is 37.1. The van der Waals surface area contributed by atoms with Crippen LogP contribution in [0.15, 0.2) is 28.2 Å². The average molecular weight is 478 g/mol. The highest BCUT2D eigenvalue weighted by molar-refractivity contribution is 7.99. The number of hydrogen-bond donors (Lipinski definition) is 1. The van der Waals surface area contributed by atoms with Gasteiger partial charge in [0.25, 0.3) is 5.56 Å². The summed E-state index contributed by atoms with van der Waals surface area (Å²) in [6, 6.07) is 5.32. The molecule has 0 bridgehead atoms. The monoisotopic (exact) mass is 477 g/mol. The third kappa shape index (κ3) is 4.73. The lowest BCUT2D eigenvalue weighted by Gasteiger charge is -2.14. The first-order chi connectivity index (χ1) is 14.8. The number of rotatable bonds is 6. The molecule has 0 spiro atoms. The molecule has 0 aliphatic carbocycles. The van der Waals surface area contributed by atoms with E-state index in [9.17, 15) is 9.59 Å². The third-order valence-corrected chi connectivity index (χ3v) is 7.55. The SMILES string of the molecule is Cc1ccc(NC(=O)CSc2nc3nc(N4CCCC4)sc3c(=O)n2C(C)C)cc1Cl. The molecule has 3 heterocycles. The zero-order valence-electron chi connectivity index (χ0n) is 17.6. The van der Waals surface area contributed by atoms with Crippen molar-refractivity contribution in [3.63, 3.8) is 0 Å². The van der Waals surface area contributed by atoms with Crippen LogP contribution in [-0.2, 0) is 4.79 Å². The minimum Gasteiger partial charge on any atom is -0.348 e. The van der Waals surface area contributed by atoms with E-state index in [0.717, 1.165) is 36.6 Å². The summed E-state index contributed by atoms with van der Waals surface area (Å²) in [5.74, 6) is -0.0650. The number of carbonyl (C=O) groups excluding carboxylic acids is 1. The van der Waals surface area contributed by atoms with Gasteiger partial charge in [-0.2, -0.15) is 4.98 Å². The van der Waals surface area contributed by atoms with Crippen LogP contribution in [-0.4, -0.2) is 39.3 Å². The first-order valence-corrected chi connectivity index (χ1v) is 12.4. The Morgan fingerprint density at radius 1 is 1.29 bits per heavy atom. The third-order valence-electron chi connectivity index (χ3n) is 5.10. The number of fused-ring (bicyclic) bond motifs is 1. The van der Waals surface area contributed by atoms with Crippen molar-refractivity contribution in [3.8, 4) is 0 Å². The van der Waals surface area contributed by atoms with Crippen molar-refractivity contribution >= 4 is 61.8 Å². The number of nitrogens with zero attached hydrogens (tertiary/aromatic N) is 4. The predicted molar refractivity (Wildman–Crippen MR) is 129 cm³/mol. The molecule has 1 aliphatic rings. The summed E-state index contributed by atoms with van der Waals surface area (Å²) >= 11 is 8.78. The summed E-state index contributed by atoms with van der Waals surface area (Å²) in [5, 5.41) is 4.80. The minimum atomic E-state index is -0.189. The van der Waals surface area contributed by atoms with Gasteiger partial charge in [0.2, 0.25) is 5.91 Å². The standard InChI is InChI=1S/C21H24ClN5O2S2/c1-12(2)27-19(29)17-18(24-20(31-17)26-8-4-5-9-26)25-21(27)30-11-16(28)23-14-7-6-13(3)15(22)10-14/h6-7,10,12H,4-5,8-9,11H2,1-3H3,(H,23,28). The van der Waals surface area contributed by atoms with Crippen LogP contribution in [0.4, 0.5) is 10.8 Å². The second kappa shape index (κ2) is 9.18. The number of thiazole rings is 1. The number of carbonyl (C=O) groups is 1. The molecule has 0 unspecified atom stereocenters. The number of aromatic nitrogens is 3.